The lowest BCUT2D eigenvalue weighted by atomic mass is 9.98. The van der Waals surface area contributed by atoms with Crippen LogP contribution in [0, 0.1) is 0 Å². The predicted molar refractivity (Wildman–Crippen MR) is 106 cm³/mol. The van der Waals surface area contributed by atoms with Crippen LogP contribution in [0.15, 0.2) is 65.1 Å². The van der Waals surface area contributed by atoms with Gasteiger partial charge >= 0.3 is 0 Å². The van der Waals surface area contributed by atoms with Gasteiger partial charge in [-0.15, -0.1) is 0 Å². The van der Waals surface area contributed by atoms with Crippen LogP contribution in [0.3, 0.4) is 0 Å². The van der Waals surface area contributed by atoms with E-state index in [0.29, 0.717) is 0 Å². The Hall–Kier alpha value is -2.85. The number of benzene rings is 3. The molecule has 4 aromatic rings. The van der Waals surface area contributed by atoms with Crippen molar-refractivity contribution in [3.05, 3.63) is 71.8 Å². The van der Waals surface area contributed by atoms with Gasteiger partial charge in [0.1, 0.15) is 5.52 Å². The average molecular weight is 343 g/mol. The van der Waals surface area contributed by atoms with Crippen LogP contribution in [0.1, 0.15) is 11.1 Å². The lowest BCUT2D eigenvalue weighted by molar-refractivity contribution is 0.517. The maximum atomic E-state index is 5.97. The number of anilines is 1. The van der Waals surface area contributed by atoms with E-state index in [-0.39, 0.29) is 0 Å². The minimum Gasteiger partial charge on any atom is -0.423 e. The molecule has 1 saturated heterocycles. The van der Waals surface area contributed by atoms with Gasteiger partial charge in [0, 0.05) is 26.2 Å². The van der Waals surface area contributed by atoms with E-state index < -0.39 is 0 Å². The molecule has 0 spiro atoms. The molecule has 26 heavy (non-hydrogen) atoms. The second-order valence-electron chi connectivity index (χ2n) is 6.85. The predicted octanol–water partition coefficient (Wildman–Crippen LogP) is 3.98. The van der Waals surface area contributed by atoms with E-state index in [9.17, 15) is 0 Å². The molecule has 0 amide bonds. The molecule has 4 nitrogen and oxygen atoms in total. The van der Waals surface area contributed by atoms with E-state index in [4.69, 9.17) is 9.40 Å². The first kappa shape index (κ1) is 15.4. The van der Waals surface area contributed by atoms with Crippen molar-refractivity contribution in [2.24, 2.45) is 0 Å². The number of hydrogen-bond acceptors (Lipinski definition) is 4. The summed E-state index contributed by atoms with van der Waals surface area (Å²) in [4.78, 5) is 6.94. The van der Waals surface area contributed by atoms with Crippen molar-refractivity contribution >= 4 is 27.9 Å². The van der Waals surface area contributed by atoms with E-state index in [2.05, 4.69) is 70.9 Å². The zero-order valence-corrected chi connectivity index (χ0v) is 14.6. The molecule has 0 saturated carbocycles. The van der Waals surface area contributed by atoms with E-state index >= 15 is 0 Å². The minimum absolute atomic E-state index is 0.740. The van der Waals surface area contributed by atoms with Gasteiger partial charge in [0.25, 0.3) is 6.01 Å². The van der Waals surface area contributed by atoms with Gasteiger partial charge in [-0.2, -0.15) is 4.98 Å². The highest BCUT2D eigenvalue weighted by molar-refractivity contribution is 5.86. The summed E-state index contributed by atoms with van der Waals surface area (Å²) in [5.41, 5.74) is 4.40. The molecule has 0 atom stereocenters. The standard InChI is InChI=1S/C22H21N3O/c1-2-7-19-17(4-1)5-3-6-18(19)14-16-8-9-21-20(15-16)24-22(26-21)25-12-10-23-11-13-25/h1-9,15,23H,10-14H2. The third kappa shape index (κ3) is 2.82. The van der Waals surface area contributed by atoms with Crippen molar-refractivity contribution in [3.63, 3.8) is 0 Å². The van der Waals surface area contributed by atoms with Crippen LogP contribution in [-0.4, -0.2) is 31.2 Å². The highest BCUT2D eigenvalue weighted by Gasteiger charge is 2.16. The van der Waals surface area contributed by atoms with E-state index in [1.807, 2.05) is 0 Å². The molecule has 130 valence electrons. The number of rotatable bonds is 3. The zero-order valence-electron chi connectivity index (χ0n) is 14.6. The first-order valence-corrected chi connectivity index (χ1v) is 9.19. The minimum atomic E-state index is 0.740. The Kier molecular flexibility index (Phi) is 3.83. The fourth-order valence-corrected chi connectivity index (χ4v) is 3.73. The summed E-state index contributed by atoms with van der Waals surface area (Å²) < 4.78 is 5.97. The Balaban J connectivity index is 1.47. The fraction of sp³-hybridized carbons (Fsp3) is 0.227. The monoisotopic (exact) mass is 343 g/mol. The maximum absolute atomic E-state index is 5.97. The van der Waals surface area contributed by atoms with E-state index in [1.54, 1.807) is 0 Å². The summed E-state index contributed by atoms with van der Waals surface area (Å²) in [5, 5.41) is 5.96. The van der Waals surface area contributed by atoms with Crippen molar-refractivity contribution in [1.82, 2.24) is 10.3 Å². The van der Waals surface area contributed by atoms with Gasteiger partial charge in [0.05, 0.1) is 0 Å². The smallest absolute Gasteiger partial charge is 0.298 e. The molecule has 0 unspecified atom stereocenters. The van der Waals surface area contributed by atoms with Crippen LogP contribution in [0.2, 0.25) is 0 Å². The first-order chi connectivity index (χ1) is 12.9. The topological polar surface area (TPSA) is 41.3 Å². The second kappa shape index (κ2) is 6.46. The van der Waals surface area contributed by atoms with Crippen LogP contribution in [-0.2, 0) is 6.42 Å². The largest absolute Gasteiger partial charge is 0.423 e. The van der Waals surface area contributed by atoms with Crippen LogP contribution in [0.4, 0.5) is 6.01 Å². The summed E-state index contributed by atoms with van der Waals surface area (Å²) >= 11 is 0. The van der Waals surface area contributed by atoms with Crippen molar-refractivity contribution in [1.29, 1.82) is 0 Å². The average Bonchev–Trinajstić information content (AvgIpc) is 3.12. The third-order valence-electron chi connectivity index (χ3n) is 5.10. The Morgan fingerprint density at radius 3 is 2.73 bits per heavy atom. The molecule has 3 aromatic carbocycles. The Morgan fingerprint density at radius 2 is 1.81 bits per heavy atom. The molecule has 1 aliphatic heterocycles. The quantitative estimate of drug-likeness (QED) is 0.611. The lowest BCUT2D eigenvalue weighted by Crippen LogP contribution is -2.43. The Morgan fingerprint density at radius 1 is 0.962 bits per heavy atom. The number of nitrogens with one attached hydrogen (secondary N) is 1. The van der Waals surface area contributed by atoms with Crippen LogP contribution >= 0.6 is 0 Å². The molecule has 1 N–H and O–H groups in total. The first-order valence-electron chi connectivity index (χ1n) is 9.19. The molecule has 1 fully saturated rings. The number of aromatic nitrogens is 1. The fourth-order valence-electron chi connectivity index (χ4n) is 3.73. The van der Waals surface area contributed by atoms with Gasteiger partial charge in [-0.05, 0) is 40.5 Å². The SMILES string of the molecule is c1ccc2c(Cc3ccc4oc(N5CCNCC5)nc4c3)cccc2c1. The van der Waals surface area contributed by atoms with Crippen molar-refractivity contribution in [2.45, 2.75) is 6.42 Å². The lowest BCUT2D eigenvalue weighted by Gasteiger charge is -2.25. The molecule has 0 bridgehead atoms. The van der Waals surface area contributed by atoms with Crippen LogP contribution < -0.4 is 10.2 Å². The Bertz CT molecular complexity index is 1060. The molecule has 0 radical (unpaired) electrons. The van der Waals surface area contributed by atoms with E-state index in [0.717, 1.165) is 49.7 Å². The summed E-state index contributed by atoms with van der Waals surface area (Å²) in [6, 6.07) is 22.2. The summed E-state index contributed by atoms with van der Waals surface area (Å²) in [6.07, 6.45) is 0.896. The highest BCUT2D eigenvalue weighted by Crippen LogP contribution is 2.26. The van der Waals surface area contributed by atoms with E-state index in [1.165, 1.54) is 21.9 Å². The van der Waals surface area contributed by atoms with Crippen molar-refractivity contribution in [2.75, 3.05) is 31.1 Å². The summed E-state index contributed by atoms with van der Waals surface area (Å²) in [6.45, 7) is 3.83. The van der Waals surface area contributed by atoms with Crippen LogP contribution in [0.25, 0.3) is 21.9 Å². The molecule has 1 aliphatic rings. The van der Waals surface area contributed by atoms with Gasteiger partial charge in [0.15, 0.2) is 5.58 Å². The van der Waals surface area contributed by atoms with Gasteiger partial charge in [0.2, 0.25) is 0 Å². The van der Waals surface area contributed by atoms with Gasteiger partial charge in [-0.1, -0.05) is 48.5 Å². The zero-order chi connectivity index (χ0) is 17.3. The number of hydrogen-bond donors (Lipinski definition) is 1. The third-order valence-corrected chi connectivity index (χ3v) is 5.10. The molecular weight excluding hydrogens is 322 g/mol. The number of oxazole rings is 1. The number of fused-ring (bicyclic) bond motifs is 2. The Labute approximate surface area is 152 Å². The molecule has 4 heteroatoms. The van der Waals surface area contributed by atoms with Gasteiger partial charge in [-0.3, -0.25) is 0 Å². The molecule has 1 aromatic heterocycles. The summed E-state index contributed by atoms with van der Waals surface area (Å²) in [5.74, 6) is 0. The number of nitrogens with zero attached hydrogens (tertiary/aromatic N) is 2. The van der Waals surface area contributed by atoms with Gasteiger partial charge in [-0.25, -0.2) is 0 Å². The van der Waals surface area contributed by atoms with Gasteiger partial charge < -0.3 is 14.6 Å². The van der Waals surface area contributed by atoms with Crippen LogP contribution in [0.5, 0.6) is 0 Å². The van der Waals surface area contributed by atoms with Crippen molar-refractivity contribution in [3.8, 4) is 0 Å². The normalized spacial score (nSPS) is 15.0. The molecule has 2 heterocycles. The molecule has 5 rings (SSSR count). The second-order valence-corrected chi connectivity index (χ2v) is 6.85. The molecule has 0 aliphatic carbocycles. The highest BCUT2D eigenvalue weighted by atomic mass is 16.4. The molecular formula is C22H21N3O. The summed E-state index contributed by atoms with van der Waals surface area (Å²) in [7, 11) is 0. The number of piperazine rings is 1. The van der Waals surface area contributed by atoms with Crippen molar-refractivity contribution < 1.29 is 4.42 Å². The maximum Gasteiger partial charge on any atom is 0.298 e.